The Labute approximate surface area is 172 Å². The standard InChI is InChI=1S/C19H19FN6O3S/c1-10-18(21)25-15(9-30(10,27)28)13-6-16(23-8-14(13)20)26-19-17-11(3-4-22-19)5-12(29-2)7-24-17/h3-8,10,15H,9H2,1-2H3,(H2,21,25)(H,22,23,26). The maximum Gasteiger partial charge on any atom is 0.162 e. The third-order valence-corrected chi connectivity index (χ3v) is 7.05. The van der Waals surface area contributed by atoms with Crippen molar-refractivity contribution >= 4 is 38.2 Å². The molecular formula is C19H19FN6O3S. The average Bonchev–Trinajstić information content (AvgIpc) is 2.72. The van der Waals surface area contributed by atoms with Gasteiger partial charge in [0, 0.05) is 17.1 Å². The maximum atomic E-state index is 14.5. The van der Waals surface area contributed by atoms with Crippen LogP contribution in [0.1, 0.15) is 18.5 Å². The molecule has 0 saturated heterocycles. The van der Waals surface area contributed by atoms with Gasteiger partial charge in [-0.15, -0.1) is 0 Å². The Hall–Kier alpha value is -3.34. The summed E-state index contributed by atoms with van der Waals surface area (Å²) in [5.74, 6) is 0.252. The van der Waals surface area contributed by atoms with Crippen LogP contribution in [0.2, 0.25) is 0 Å². The second-order valence-electron chi connectivity index (χ2n) is 6.86. The third-order valence-electron chi connectivity index (χ3n) is 4.95. The van der Waals surface area contributed by atoms with Gasteiger partial charge in [0.2, 0.25) is 0 Å². The van der Waals surface area contributed by atoms with Crippen molar-refractivity contribution in [2.45, 2.75) is 18.2 Å². The highest BCUT2D eigenvalue weighted by atomic mass is 32.2. The molecule has 0 spiro atoms. The van der Waals surface area contributed by atoms with Crippen LogP contribution in [0.4, 0.5) is 16.0 Å². The zero-order chi connectivity index (χ0) is 21.5. The SMILES string of the molecule is COc1cnc2c(Nc3cc(C4CS(=O)(=O)C(C)C(N)=N4)c(F)cn3)nccc2c1. The number of sulfone groups is 1. The first-order valence-corrected chi connectivity index (χ1v) is 10.8. The summed E-state index contributed by atoms with van der Waals surface area (Å²) in [4.78, 5) is 16.8. The lowest BCUT2D eigenvalue weighted by Crippen LogP contribution is -2.40. The Morgan fingerprint density at radius 2 is 2.03 bits per heavy atom. The van der Waals surface area contributed by atoms with Crippen molar-refractivity contribution in [1.82, 2.24) is 15.0 Å². The predicted octanol–water partition coefficient (Wildman–Crippen LogP) is 2.13. The fraction of sp³-hybridized carbons (Fsp3) is 0.263. The van der Waals surface area contributed by atoms with Gasteiger partial charge in [-0.05, 0) is 25.1 Å². The van der Waals surface area contributed by atoms with Gasteiger partial charge < -0.3 is 15.8 Å². The van der Waals surface area contributed by atoms with E-state index < -0.39 is 26.9 Å². The van der Waals surface area contributed by atoms with Crippen molar-refractivity contribution in [3.05, 3.63) is 48.2 Å². The largest absolute Gasteiger partial charge is 0.495 e. The number of pyridine rings is 3. The first-order chi connectivity index (χ1) is 14.3. The number of aromatic nitrogens is 3. The Kier molecular flexibility index (Phi) is 4.98. The van der Waals surface area contributed by atoms with Crippen molar-refractivity contribution in [2.75, 3.05) is 18.2 Å². The predicted molar refractivity (Wildman–Crippen MR) is 111 cm³/mol. The molecule has 3 aromatic heterocycles. The second kappa shape index (κ2) is 7.48. The summed E-state index contributed by atoms with van der Waals surface area (Å²) >= 11 is 0. The summed E-state index contributed by atoms with van der Waals surface area (Å²) in [6.07, 6.45) is 4.16. The first kappa shape index (κ1) is 20.0. The topological polar surface area (TPSA) is 132 Å². The van der Waals surface area contributed by atoms with E-state index in [1.165, 1.54) is 13.0 Å². The van der Waals surface area contributed by atoms with Gasteiger partial charge in [-0.1, -0.05) is 0 Å². The molecule has 11 heteroatoms. The van der Waals surface area contributed by atoms with Crippen molar-refractivity contribution in [1.29, 1.82) is 0 Å². The molecule has 4 heterocycles. The molecular weight excluding hydrogens is 411 g/mol. The highest BCUT2D eigenvalue weighted by Gasteiger charge is 2.35. The summed E-state index contributed by atoms with van der Waals surface area (Å²) < 4.78 is 44.3. The van der Waals surface area contributed by atoms with E-state index in [9.17, 15) is 12.8 Å². The molecule has 3 aromatic rings. The monoisotopic (exact) mass is 430 g/mol. The second-order valence-corrected chi connectivity index (χ2v) is 9.23. The molecule has 30 heavy (non-hydrogen) atoms. The number of nitrogens with zero attached hydrogens (tertiary/aromatic N) is 4. The van der Waals surface area contributed by atoms with Gasteiger partial charge in [0.15, 0.2) is 15.7 Å². The number of aliphatic imine (C=N–C) groups is 1. The number of hydrogen-bond donors (Lipinski definition) is 2. The van der Waals surface area contributed by atoms with Crippen LogP contribution in [-0.2, 0) is 9.84 Å². The summed E-state index contributed by atoms with van der Waals surface area (Å²) in [6.45, 7) is 1.47. The van der Waals surface area contributed by atoms with Crippen LogP contribution >= 0.6 is 0 Å². The molecule has 0 saturated carbocycles. The Bertz CT molecular complexity index is 1260. The van der Waals surface area contributed by atoms with Gasteiger partial charge >= 0.3 is 0 Å². The molecule has 9 nitrogen and oxygen atoms in total. The van der Waals surface area contributed by atoms with Crippen LogP contribution in [0.3, 0.4) is 0 Å². The van der Waals surface area contributed by atoms with Gasteiger partial charge in [-0.2, -0.15) is 0 Å². The molecule has 3 N–H and O–H groups in total. The number of methoxy groups -OCH3 is 1. The number of halogens is 1. The fourth-order valence-electron chi connectivity index (χ4n) is 3.17. The summed E-state index contributed by atoms with van der Waals surface area (Å²) in [6, 6.07) is 4.06. The number of nitrogens with one attached hydrogen (secondary N) is 1. The van der Waals surface area contributed by atoms with Crippen LogP contribution in [0.25, 0.3) is 10.9 Å². The minimum atomic E-state index is -3.53. The molecule has 1 aliphatic rings. The number of rotatable bonds is 4. The van der Waals surface area contributed by atoms with E-state index in [0.717, 1.165) is 11.6 Å². The Morgan fingerprint density at radius 3 is 2.77 bits per heavy atom. The number of hydrogen-bond acceptors (Lipinski definition) is 9. The van der Waals surface area contributed by atoms with E-state index in [4.69, 9.17) is 10.5 Å². The lowest BCUT2D eigenvalue weighted by atomic mass is 10.1. The zero-order valence-corrected chi connectivity index (χ0v) is 17.0. The van der Waals surface area contributed by atoms with E-state index >= 15 is 0 Å². The third kappa shape index (κ3) is 3.63. The molecule has 2 unspecified atom stereocenters. The van der Waals surface area contributed by atoms with Crippen molar-refractivity contribution < 1.29 is 17.5 Å². The van der Waals surface area contributed by atoms with E-state index in [2.05, 4.69) is 25.3 Å². The molecule has 156 valence electrons. The summed E-state index contributed by atoms with van der Waals surface area (Å²) in [7, 11) is -1.98. The van der Waals surface area contributed by atoms with Crippen molar-refractivity contribution in [2.24, 2.45) is 10.7 Å². The molecule has 4 rings (SSSR count). The smallest absolute Gasteiger partial charge is 0.162 e. The molecule has 2 atom stereocenters. The van der Waals surface area contributed by atoms with E-state index in [0.29, 0.717) is 17.1 Å². The highest BCUT2D eigenvalue weighted by molar-refractivity contribution is 7.92. The minimum absolute atomic E-state index is 0.0363. The summed E-state index contributed by atoms with van der Waals surface area (Å²) in [5.41, 5.74) is 6.42. The van der Waals surface area contributed by atoms with Gasteiger partial charge in [0.05, 0.1) is 31.3 Å². The van der Waals surface area contributed by atoms with E-state index in [1.807, 2.05) is 6.07 Å². The Morgan fingerprint density at radius 1 is 1.23 bits per heavy atom. The number of fused-ring (bicyclic) bond motifs is 1. The lowest BCUT2D eigenvalue weighted by molar-refractivity contribution is 0.414. The van der Waals surface area contributed by atoms with Crippen LogP contribution in [0.5, 0.6) is 5.75 Å². The number of ether oxygens (including phenoxy) is 1. The lowest BCUT2D eigenvalue weighted by Gasteiger charge is -2.24. The fourth-order valence-corrected chi connectivity index (χ4v) is 4.58. The number of nitrogens with two attached hydrogens (primary N) is 1. The van der Waals surface area contributed by atoms with Gasteiger partial charge in [0.1, 0.15) is 34.0 Å². The first-order valence-electron chi connectivity index (χ1n) is 9.04. The zero-order valence-electron chi connectivity index (χ0n) is 16.2. The van der Waals surface area contributed by atoms with Crippen LogP contribution in [-0.4, -0.2) is 47.3 Å². The molecule has 0 aromatic carbocycles. The average molecular weight is 430 g/mol. The molecule has 0 aliphatic carbocycles. The number of anilines is 2. The maximum absolute atomic E-state index is 14.5. The van der Waals surface area contributed by atoms with E-state index in [1.54, 1.807) is 25.6 Å². The summed E-state index contributed by atoms with van der Waals surface area (Å²) in [5, 5.41) is 2.91. The minimum Gasteiger partial charge on any atom is -0.495 e. The number of amidine groups is 1. The van der Waals surface area contributed by atoms with Crippen molar-refractivity contribution in [3.8, 4) is 5.75 Å². The van der Waals surface area contributed by atoms with E-state index in [-0.39, 0.29) is 23.0 Å². The highest BCUT2D eigenvalue weighted by Crippen LogP contribution is 2.30. The van der Waals surface area contributed by atoms with Gasteiger partial charge in [-0.3, -0.25) is 4.99 Å². The molecule has 0 bridgehead atoms. The molecule has 0 radical (unpaired) electrons. The molecule has 0 amide bonds. The van der Waals surface area contributed by atoms with Crippen LogP contribution in [0.15, 0.2) is 41.8 Å². The molecule has 1 aliphatic heterocycles. The van der Waals surface area contributed by atoms with Gasteiger partial charge in [0.25, 0.3) is 0 Å². The molecule has 0 fully saturated rings. The Balaban J connectivity index is 1.71. The van der Waals surface area contributed by atoms with Crippen molar-refractivity contribution in [3.63, 3.8) is 0 Å². The van der Waals surface area contributed by atoms with Crippen LogP contribution in [0, 0.1) is 5.82 Å². The quantitative estimate of drug-likeness (QED) is 0.643. The van der Waals surface area contributed by atoms with Gasteiger partial charge in [-0.25, -0.2) is 27.8 Å². The van der Waals surface area contributed by atoms with Crippen LogP contribution < -0.4 is 15.8 Å². The normalized spacial score (nSPS) is 20.6.